The number of nitrogens with zero attached hydrogens (tertiary/aromatic N) is 4. The van der Waals surface area contributed by atoms with Crippen molar-refractivity contribution in [3.8, 4) is 11.3 Å². The van der Waals surface area contributed by atoms with Crippen LogP contribution in [0.4, 0.5) is 0 Å². The van der Waals surface area contributed by atoms with Gasteiger partial charge in [-0.15, -0.1) is 0 Å². The molecule has 0 N–H and O–H groups in total. The summed E-state index contributed by atoms with van der Waals surface area (Å²) in [5.41, 5.74) is 5.22. The van der Waals surface area contributed by atoms with Crippen LogP contribution in [0.2, 0.25) is 0 Å². The Balaban J connectivity index is 1.65. The fourth-order valence-electron chi connectivity index (χ4n) is 3.89. The van der Waals surface area contributed by atoms with Crippen molar-refractivity contribution in [3.05, 3.63) is 72.0 Å². The summed E-state index contributed by atoms with van der Waals surface area (Å²) >= 11 is 0. The number of benzene rings is 1. The number of carbonyl (C=O) groups excluding carboxylic acids is 1. The Hall–Kier alpha value is -3.41. The van der Waals surface area contributed by atoms with Crippen LogP contribution in [0.25, 0.3) is 17.0 Å². The van der Waals surface area contributed by atoms with Gasteiger partial charge in [0.25, 0.3) is 0 Å². The molecule has 0 saturated heterocycles. The first-order chi connectivity index (χ1) is 13.7. The van der Waals surface area contributed by atoms with E-state index in [9.17, 15) is 4.79 Å². The smallest absolute Gasteiger partial charge is 0.248 e. The third-order valence-corrected chi connectivity index (χ3v) is 5.32. The van der Waals surface area contributed by atoms with Crippen LogP contribution in [0.5, 0.6) is 0 Å². The number of hydrogen-bond donors (Lipinski definition) is 0. The number of allylic oxidation sites excluding steroid dienone is 1. The van der Waals surface area contributed by atoms with E-state index in [4.69, 9.17) is 4.42 Å². The fraction of sp³-hybridized carbons (Fsp3) is 0.227. The number of carbonyl (C=O) groups is 1. The van der Waals surface area contributed by atoms with Crippen LogP contribution in [0.3, 0.4) is 0 Å². The highest BCUT2D eigenvalue weighted by Crippen LogP contribution is 2.36. The number of amides is 1. The maximum Gasteiger partial charge on any atom is 0.248 e. The largest absolute Gasteiger partial charge is 0.464 e. The van der Waals surface area contributed by atoms with Gasteiger partial charge in [-0.3, -0.25) is 14.4 Å². The Kier molecular flexibility index (Phi) is 3.97. The Bertz CT molecular complexity index is 1110. The Morgan fingerprint density at radius 3 is 2.86 bits per heavy atom. The average molecular weight is 372 g/mol. The highest BCUT2D eigenvalue weighted by molar-refractivity contribution is 6.06. The fourth-order valence-corrected chi connectivity index (χ4v) is 3.89. The van der Waals surface area contributed by atoms with E-state index >= 15 is 0 Å². The van der Waals surface area contributed by atoms with Crippen LogP contribution in [0.15, 0.2) is 64.6 Å². The number of rotatable bonds is 2. The standard InChI is InChI=1S/C22H20N4O2/c1-2-15-13-25(14-24-15)21-11-19-17-5-3-6-18(20-7-4-10-28-20)16(17)8-9-26(19)22(27)12-23-21/h3-7,10-11,13-14H,2,8-9,12H2,1H3. The maximum absolute atomic E-state index is 12.7. The second-order valence-electron chi connectivity index (χ2n) is 6.93. The van der Waals surface area contributed by atoms with Gasteiger partial charge in [-0.25, -0.2) is 4.98 Å². The van der Waals surface area contributed by atoms with Crippen molar-refractivity contribution in [1.82, 2.24) is 14.5 Å². The van der Waals surface area contributed by atoms with Gasteiger partial charge in [0.15, 0.2) is 0 Å². The number of furan rings is 1. The molecule has 1 aromatic carbocycles. The number of fused-ring (bicyclic) bond motifs is 3. The van der Waals surface area contributed by atoms with Gasteiger partial charge < -0.3 is 9.32 Å². The predicted molar refractivity (Wildman–Crippen MR) is 107 cm³/mol. The molecule has 0 unspecified atom stereocenters. The molecular weight excluding hydrogens is 352 g/mol. The van der Waals surface area contributed by atoms with Crippen LogP contribution in [0.1, 0.15) is 23.7 Å². The van der Waals surface area contributed by atoms with Gasteiger partial charge in [0.1, 0.15) is 24.5 Å². The molecule has 140 valence electrons. The van der Waals surface area contributed by atoms with Crippen molar-refractivity contribution in [3.63, 3.8) is 0 Å². The number of hydrogen-bond acceptors (Lipinski definition) is 4. The van der Waals surface area contributed by atoms with E-state index in [1.54, 1.807) is 12.6 Å². The number of aromatic nitrogens is 2. The first kappa shape index (κ1) is 16.7. The van der Waals surface area contributed by atoms with Crippen LogP contribution in [-0.4, -0.2) is 39.3 Å². The summed E-state index contributed by atoms with van der Waals surface area (Å²) in [7, 11) is 0. The lowest BCUT2D eigenvalue weighted by Crippen LogP contribution is -2.36. The SMILES string of the molecule is CCc1cn(C2=NCC(=O)N3CCc4c(cccc4-c4ccco4)C3=C2)cn1. The van der Waals surface area contributed by atoms with E-state index in [0.717, 1.165) is 47.0 Å². The second kappa shape index (κ2) is 6.64. The van der Waals surface area contributed by atoms with Crippen molar-refractivity contribution in [2.75, 3.05) is 13.1 Å². The van der Waals surface area contributed by atoms with Gasteiger partial charge in [0.05, 0.1) is 17.7 Å². The van der Waals surface area contributed by atoms with Crippen molar-refractivity contribution in [2.24, 2.45) is 4.99 Å². The third-order valence-electron chi connectivity index (χ3n) is 5.32. The maximum atomic E-state index is 12.7. The van der Waals surface area contributed by atoms with Gasteiger partial charge >= 0.3 is 0 Å². The number of imidazole rings is 1. The Morgan fingerprint density at radius 2 is 2.07 bits per heavy atom. The summed E-state index contributed by atoms with van der Waals surface area (Å²) in [6.45, 7) is 2.85. The monoisotopic (exact) mass is 372 g/mol. The number of aliphatic imine (C=N–C) groups is 1. The van der Waals surface area contributed by atoms with E-state index in [2.05, 4.69) is 29.0 Å². The van der Waals surface area contributed by atoms with E-state index in [0.29, 0.717) is 6.54 Å². The van der Waals surface area contributed by atoms with Crippen LogP contribution < -0.4 is 0 Å². The Morgan fingerprint density at radius 1 is 1.18 bits per heavy atom. The van der Waals surface area contributed by atoms with Gasteiger partial charge in [0.2, 0.25) is 5.91 Å². The minimum absolute atomic E-state index is 0.0196. The van der Waals surface area contributed by atoms with Gasteiger partial charge in [-0.2, -0.15) is 0 Å². The lowest BCUT2D eigenvalue weighted by atomic mass is 9.90. The van der Waals surface area contributed by atoms with Crippen molar-refractivity contribution in [2.45, 2.75) is 19.8 Å². The van der Waals surface area contributed by atoms with Crippen molar-refractivity contribution in [1.29, 1.82) is 0 Å². The summed E-state index contributed by atoms with van der Waals surface area (Å²) in [6, 6.07) is 10.0. The molecule has 1 amide bonds. The van der Waals surface area contributed by atoms with Crippen LogP contribution >= 0.6 is 0 Å². The topological polar surface area (TPSA) is 63.6 Å². The third kappa shape index (κ3) is 2.69. The molecule has 3 aromatic rings. The predicted octanol–water partition coefficient (Wildman–Crippen LogP) is 3.39. The van der Waals surface area contributed by atoms with E-state index in [1.165, 1.54) is 5.56 Å². The normalized spacial score (nSPS) is 16.2. The summed E-state index contributed by atoms with van der Waals surface area (Å²) < 4.78 is 7.53. The number of aryl methyl sites for hydroxylation is 1. The Labute approximate surface area is 162 Å². The summed E-state index contributed by atoms with van der Waals surface area (Å²) in [5, 5.41) is 0. The highest BCUT2D eigenvalue weighted by atomic mass is 16.3. The van der Waals surface area contributed by atoms with Gasteiger partial charge in [-0.1, -0.05) is 25.1 Å². The molecule has 0 aliphatic carbocycles. The first-order valence-corrected chi connectivity index (χ1v) is 9.50. The lowest BCUT2D eigenvalue weighted by Gasteiger charge is -2.31. The molecule has 0 fully saturated rings. The molecule has 6 heteroatoms. The average Bonchev–Trinajstić information content (AvgIpc) is 3.39. The molecule has 5 rings (SSSR count). The quantitative estimate of drug-likeness (QED) is 0.693. The minimum Gasteiger partial charge on any atom is -0.464 e. The molecule has 0 bridgehead atoms. The zero-order valence-electron chi connectivity index (χ0n) is 15.6. The molecule has 2 aliphatic heterocycles. The zero-order valence-corrected chi connectivity index (χ0v) is 15.6. The van der Waals surface area contributed by atoms with Crippen molar-refractivity contribution >= 4 is 17.4 Å². The van der Waals surface area contributed by atoms with Crippen LogP contribution in [-0.2, 0) is 17.6 Å². The summed E-state index contributed by atoms with van der Waals surface area (Å²) in [6.07, 6.45) is 9.06. The molecule has 0 atom stereocenters. The molecule has 4 heterocycles. The lowest BCUT2D eigenvalue weighted by molar-refractivity contribution is -0.126. The second-order valence-corrected chi connectivity index (χ2v) is 6.93. The van der Waals surface area contributed by atoms with E-state index in [-0.39, 0.29) is 12.5 Å². The molecule has 2 aliphatic rings. The molecule has 0 spiro atoms. The summed E-state index contributed by atoms with van der Waals surface area (Å²) in [5.74, 6) is 1.60. The molecule has 0 radical (unpaired) electrons. The van der Waals surface area contributed by atoms with E-state index in [1.807, 2.05) is 39.9 Å². The molecular formula is C22H20N4O2. The van der Waals surface area contributed by atoms with Gasteiger partial charge in [0, 0.05) is 29.9 Å². The molecule has 0 saturated carbocycles. The molecule has 28 heavy (non-hydrogen) atoms. The highest BCUT2D eigenvalue weighted by Gasteiger charge is 2.30. The minimum atomic E-state index is 0.0196. The van der Waals surface area contributed by atoms with Crippen LogP contribution in [0, 0.1) is 0 Å². The van der Waals surface area contributed by atoms with Gasteiger partial charge in [-0.05, 0) is 30.5 Å². The molecule has 2 aromatic heterocycles. The zero-order chi connectivity index (χ0) is 19.1. The molecule has 6 nitrogen and oxygen atoms in total. The van der Waals surface area contributed by atoms with Crippen molar-refractivity contribution < 1.29 is 9.21 Å². The van der Waals surface area contributed by atoms with E-state index < -0.39 is 0 Å². The summed E-state index contributed by atoms with van der Waals surface area (Å²) in [4.78, 5) is 23.5. The first-order valence-electron chi connectivity index (χ1n) is 9.50.